The number of para-hydroxylation sites is 1. The number of benzene rings is 3. The number of nitrogens with zero attached hydrogens (tertiary/aromatic N) is 2. The van der Waals surface area contributed by atoms with Crippen molar-refractivity contribution in [1.82, 2.24) is 14.5 Å². The Kier molecular flexibility index (Phi) is 6.79. The summed E-state index contributed by atoms with van der Waals surface area (Å²) < 4.78 is 16.2. The van der Waals surface area contributed by atoms with E-state index in [1.807, 2.05) is 0 Å². The van der Waals surface area contributed by atoms with Crippen LogP contribution in [0, 0.1) is 5.82 Å². The Bertz CT molecular complexity index is 1560. The van der Waals surface area contributed by atoms with Crippen molar-refractivity contribution in [1.29, 1.82) is 0 Å². The fourth-order valence-corrected chi connectivity index (χ4v) is 3.82. The summed E-state index contributed by atoms with van der Waals surface area (Å²) in [7, 11) is 1.53. The van der Waals surface area contributed by atoms with Gasteiger partial charge in [-0.05, 0) is 48.0 Å². The summed E-state index contributed by atoms with van der Waals surface area (Å²) in [6.07, 6.45) is 0.148. The van der Waals surface area contributed by atoms with Gasteiger partial charge in [-0.1, -0.05) is 35.9 Å². The highest BCUT2D eigenvalue weighted by Crippen LogP contribution is 2.19. The molecule has 35 heavy (non-hydrogen) atoms. The number of likely N-dealkylation sites (N-methyl/N-ethyl adjacent to an activating group) is 1. The Balaban J connectivity index is 1.75. The van der Waals surface area contributed by atoms with E-state index in [9.17, 15) is 23.6 Å². The molecule has 0 saturated heterocycles. The van der Waals surface area contributed by atoms with Crippen LogP contribution in [-0.4, -0.2) is 28.0 Å². The van der Waals surface area contributed by atoms with Gasteiger partial charge in [0.25, 0.3) is 5.56 Å². The quantitative estimate of drug-likeness (QED) is 0.430. The topological polar surface area (TPSA) is 102 Å². The predicted molar refractivity (Wildman–Crippen MR) is 132 cm³/mol. The smallest absolute Gasteiger partial charge is 0.336 e. The number of hydrogen-bond acceptors (Lipinski definition) is 4. The maximum atomic E-state index is 14.1. The highest BCUT2D eigenvalue weighted by molar-refractivity contribution is 6.30. The van der Waals surface area contributed by atoms with Crippen LogP contribution in [0.5, 0.6) is 0 Å². The van der Waals surface area contributed by atoms with Crippen molar-refractivity contribution in [3.8, 4) is 5.69 Å². The first-order valence-corrected chi connectivity index (χ1v) is 11.0. The molecule has 1 heterocycles. The van der Waals surface area contributed by atoms with Crippen LogP contribution >= 0.6 is 11.6 Å². The lowest BCUT2D eigenvalue weighted by Crippen LogP contribution is -2.40. The van der Waals surface area contributed by atoms with Gasteiger partial charge in [0, 0.05) is 12.1 Å². The minimum absolute atomic E-state index is 0.0863. The number of nitrogens with one attached hydrogen (secondary N) is 2. The Morgan fingerprint density at radius 2 is 1.69 bits per heavy atom. The third-order valence-corrected chi connectivity index (χ3v) is 5.63. The summed E-state index contributed by atoms with van der Waals surface area (Å²) in [5, 5.41) is 5.36. The second-order valence-electron chi connectivity index (χ2n) is 7.72. The van der Waals surface area contributed by atoms with Crippen LogP contribution in [0.1, 0.15) is 5.56 Å². The average Bonchev–Trinajstić information content (AvgIpc) is 2.84. The Hall–Kier alpha value is -4.24. The first kappa shape index (κ1) is 23.9. The highest BCUT2D eigenvalue weighted by Gasteiger charge is 2.17. The molecule has 0 aliphatic rings. The van der Waals surface area contributed by atoms with Gasteiger partial charge in [0.2, 0.25) is 11.8 Å². The molecule has 10 heteroatoms. The summed E-state index contributed by atoms with van der Waals surface area (Å²) in [5.74, 6) is -1.56. The van der Waals surface area contributed by atoms with Crippen LogP contribution in [-0.2, 0) is 22.6 Å². The van der Waals surface area contributed by atoms with Crippen LogP contribution in [0.3, 0.4) is 0 Å². The third kappa shape index (κ3) is 4.99. The van der Waals surface area contributed by atoms with Gasteiger partial charge in [-0.25, -0.2) is 13.8 Å². The predicted octanol–water partition coefficient (Wildman–Crippen LogP) is 2.87. The molecule has 0 unspecified atom stereocenters. The van der Waals surface area contributed by atoms with Gasteiger partial charge in [-0.2, -0.15) is 0 Å². The van der Waals surface area contributed by atoms with Crippen molar-refractivity contribution in [3.05, 3.63) is 104 Å². The van der Waals surface area contributed by atoms with Crippen molar-refractivity contribution in [2.45, 2.75) is 13.0 Å². The van der Waals surface area contributed by atoms with Gasteiger partial charge in [0.05, 0.1) is 28.7 Å². The molecule has 0 saturated carbocycles. The summed E-state index contributed by atoms with van der Waals surface area (Å²) in [5.41, 5.74) is -0.126. The first-order valence-electron chi connectivity index (χ1n) is 10.6. The van der Waals surface area contributed by atoms with Crippen molar-refractivity contribution in [2.75, 3.05) is 12.4 Å². The van der Waals surface area contributed by atoms with E-state index in [1.54, 1.807) is 48.5 Å². The van der Waals surface area contributed by atoms with E-state index in [-0.39, 0.29) is 39.6 Å². The number of anilines is 1. The number of halogens is 2. The Labute approximate surface area is 203 Å². The van der Waals surface area contributed by atoms with E-state index in [2.05, 4.69) is 10.6 Å². The third-order valence-electron chi connectivity index (χ3n) is 5.40. The SMILES string of the molecule is CNC(=O)Cc1ccc(-n2c(=O)c3ccccc3n(CC(=O)Nc3ccc(Cl)cc3F)c2=O)cc1. The summed E-state index contributed by atoms with van der Waals surface area (Å²) in [6.45, 7) is -0.462. The Morgan fingerprint density at radius 3 is 2.37 bits per heavy atom. The number of amides is 2. The van der Waals surface area contributed by atoms with Gasteiger partial charge < -0.3 is 10.6 Å². The van der Waals surface area contributed by atoms with Crippen LogP contribution in [0.4, 0.5) is 10.1 Å². The Morgan fingerprint density at radius 1 is 0.971 bits per heavy atom. The van der Waals surface area contributed by atoms with Crippen LogP contribution < -0.4 is 21.9 Å². The zero-order valence-electron chi connectivity index (χ0n) is 18.5. The van der Waals surface area contributed by atoms with E-state index in [0.29, 0.717) is 5.56 Å². The molecular formula is C25H20ClFN4O4. The molecule has 0 bridgehead atoms. The van der Waals surface area contributed by atoms with E-state index < -0.39 is 29.5 Å². The van der Waals surface area contributed by atoms with E-state index >= 15 is 0 Å². The second-order valence-corrected chi connectivity index (χ2v) is 8.15. The molecule has 0 radical (unpaired) electrons. The maximum Gasteiger partial charge on any atom is 0.336 e. The number of rotatable bonds is 6. The number of aromatic nitrogens is 2. The molecule has 0 aliphatic carbocycles. The van der Waals surface area contributed by atoms with Crippen molar-refractivity contribution in [2.24, 2.45) is 0 Å². The zero-order chi connectivity index (χ0) is 25.1. The maximum absolute atomic E-state index is 14.1. The molecule has 0 spiro atoms. The fourth-order valence-electron chi connectivity index (χ4n) is 3.66. The first-order chi connectivity index (χ1) is 16.8. The molecular weight excluding hydrogens is 475 g/mol. The molecule has 4 rings (SSSR count). The minimum atomic E-state index is -0.737. The lowest BCUT2D eigenvalue weighted by atomic mass is 10.1. The molecule has 8 nitrogen and oxygen atoms in total. The fraction of sp³-hybridized carbons (Fsp3) is 0.120. The van der Waals surface area contributed by atoms with Gasteiger partial charge in [-0.3, -0.25) is 19.0 Å². The van der Waals surface area contributed by atoms with Crippen LogP contribution in [0.15, 0.2) is 76.3 Å². The normalized spacial score (nSPS) is 10.8. The molecule has 178 valence electrons. The zero-order valence-corrected chi connectivity index (χ0v) is 19.3. The van der Waals surface area contributed by atoms with Gasteiger partial charge >= 0.3 is 5.69 Å². The molecule has 4 aromatic rings. The van der Waals surface area contributed by atoms with Crippen molar-refractivity contribution < 1.29 is 14.0 Å². The summed E-state index contributed by atoms with van der Waals surface area (Å²) >= 11 is 5.75. The van der Waals surface area contributed by atoms with Crippen molar-refractivity contribution >= 4 is 40.0 Å². The van der Waals surface area contributed by atoms with Gasteiger partial charge in [-0.15, -0.1) is 0 Å². The highest BCUT2D eigenvalue weighted by atomic mass is 35.5. The van der Waals surface area contributed by atoms with Crippen molar-refractivity contribution in [3.63, 3.8) is 0 Å². The van der Waals surface area contributed by atoms with Crippen LogP contribution in [0.2, 0.25) is 5.02 Å². The largest absolute Gasteiger partial charge is 0.359 e. The van der Waals surface area contributed by atoms with Gasteiger partial charge in [0.1, 0.15) is 12.4 Å². The number of hydrogen-bond donors (Lipinski definition) is 2. The molecule has 0 atom stereocenters. The molecule has 0 fully saturated rings. The van der Waals surface area contributed by atoms with Crippen LogP contribution in [0.25, 0.3) is 16.6 Å². The minimum Gasteiger partial charge on any atom is -0.359 e. The average molecular weight is 495 g/mol. The van der Waals surface area contributed by atoms with E-state index in [1.165, 1.54) is 19.2 Å². The second kappa shape index (κ2) is 9.94. The lowest BCUT2D eigenvalue weighted by molar-refractivity contribution is -0.120. The number of carbonyl (C=O) groups is 2. The molecule has 1 aromatic heterocycles. The summed E-state index contributed by atoms with van der Waals surface area (Å²) in [6, 6.07) is 16.6. The lowest BCUT2D eigenvalue weighted by Gasteiger charge is -2.15. The molecule has 2 amide bonds. The van der Waals surface area contributed by atoms with Gasteiger partial charge in [0.15, 0.2) is 0 Å². The molecule has 2 N–H and O–H groups in total. The number of fused-ring (bicyclic) bond motifs is 1. The standard InChI is InChI=1S/C25H20ClFN4O4/c1-28-22(32)12-15-6-9-17(10-7-15)31-24(34)18-4-2-3-5-21(18)30(25(31)35)14-23(33)29-20-11-8-16(26)13-19(20)27/h2-11,13H,12,14H2,1H3,(H,28,32)(H,29,33). The monoisotopic (exact) mass is 494 g/mol. The van der Waals surface area contributed by atoms with E-state index in [0.717, 1.165) is 15.2 Å². The van der Waals surface area contributed by atoms with E-state index in [4.69, 9.17) is 11.6 Å². The molecule has 3 aromatic carbocycles. The number of carbonyl (C=O) groups excluding carboxylic acids is 2. The molecule has 0 aliphatic heterocycles. The summed E-state index contributed by atoms with van der Waals surface area (Å²) in [4.78, 5) is 50.9.